The number of alkyl halides is 2. The fourth-order valence-electron chi connectivity index (χ4n) is 7.34. The minimum absolute atomic E-state index is 0.0470. The van der Waals surface area contributed by atoms with Crippen LogP contribution in [0.4, 0.5) is 14.5 Å². The first-order chi connectivity index (χ1) is 16.7. The van der Waals surface area contributed by atoms with Crippen molar-refractivity contribution in [1.82, 2.24) is 4.31 Å². The van der Waals surface area contributed by atoms with Crippen LogP contribution in [0.25, 0.3) is 0 Å². The molecule has 4 aliphatic carbocycles. The lowest BCUT2D eigenvalue weighted by molar-refractivity contribution is -0.150. The highest BCUT2D eigenvalue weighted by Gasteiger charge is 2.57. The highest BCUT2D eigenvalue weighted by atomic mass is 35.5. The fraction of sp³-hybridized carbons (Fsp3) is 0.667. The lowest BCUT2D eigenvalue weighted by Crippen LogP contribution is -2.60. The molecule has 5 aliphatic rings. The van der Waals surface area contributed by atoms with Gasteiger partial charge in [-0.1, -0.05) is 34.8 Å². The number of ketones is 2. The molecule has 198 valence electrons. The molecule has 2 atom stereocenters. The summed E-state index contributed by atoms with van der Waals surface area (Å²) in [6.07, 6.45) is 4.48. The van der Waals surface area contributed by atoms with E-state index in [4.69, 9.17) is 34.8 Å². The first-order valence-electron chi connectivity index (χ1n) is 12.0. The second-order valence-corrected chi connectivity index (χ2v) is 14.2. The molecule has 12 heteroatoms. The maximum Gasteiger partial charge on any atom is 0.305 e. The second-order valence-electron chi connectivity index (χ2n) is 11.1. The molecule has 2 unspecified atom stereocenters. The summed E-state index contributed by atoms with van der Waals surface area (Å²) in [6, 6.07) is 2.45. The van der Waals surface area contributed by atoms with Crippen LogP contribution in [0.1, 0.15) is 45.4 Å². The number of rotatable bonds is 6. The van der Waals surface area contributed by atoms with Crippen molar-refractivity contribution in [1.29, 1.82) is 0 Å². The molecule has 4 bridgehead atoms. The average Bonchev–Trinajstić information content (AvgIpc) is 2.72. The van der Waals surface area contributed by atoms with Gasteiger partial charge in [0.05, 0.1) is 28.8 Å². The summed E-state index contributed by atoms with van der Waals surface area (Å²) in [5.74, 6) is -2.63. The molecule has 0 spiro atoms. The van der Waals surface area contributed by atoms with Crippen LogP contribution in [-0.4, -0.2) is 49.8 Å². The van der Waals surface area contributed by atoms with E-state index in [1.54, 1.807) is 6.92 Å². The average molecular weight is 584 g/mol. The van der Waals surface area contributed by atoms with Crippen molar-refractivity contribution >= 4 is 62.3 Å². The molecule has 0 N–H and O–H groups in total. The standard InChI is InChI=1S/C24H27Cl3F2N2O4S/c1-13(32)23-7-14-2-15(8-23)19(16(3-14)9-23)6-18(33)10-30-11-24(28,29)12-31(36(30,34)35)22-20(26)4-17(25)5-21(22)27/h4-5,14-16,19H,2-3,6-12H2,1H3. The van der Waals surface area contributed by atoms with E-state index in [0.29, 0.717) is 14.5 Å². The van der Waals surface area contributed by atoms with E-state index in [0.717, 1.165) is 32.1 Å². The third-order valence-corrected chi connectivity index (χ3v) is 11.2. The molecule has 36 heavy (non-hydrogen) atoms. The van der Waals surface area contributed by atoms with Crippen LogP contribution in [0.2, 0.25) is 15.1 Å². The van der Waals surface area contributed by atoms with E-state index in [9.17, 15) is 26.8 Å². The number of carbonyl (C=O) groups is 2. The number of Topliss-reactive ketones (excluding diaryl/α,β-unsaturated/α-hetero) is 2. The lowest BCUT2D eigenvalue weighted by atomic mass is 9.45. The number of hydrogen-bond donors (Lipinski definition) is 0. The molecule has 6 rings (SSSR count). The highest BCUT2D eigenvalue weighted by molar-refractivity contribution is 7.90. The van der Waals surface area contributed by atoms with E-state index < -0.39 is 41.5 Å². The molecule has 1 aliphatic heterocycles. The minimum Gasteiger partial charge on any atom is -0.299 e. The predicted octanol–water partition coefficient (Wildman–Crippen LogP) is 5.64. The van der Waals surface area contributed by atoms with E-state index >= 15 is 0 Å². The first kappa shape index (κ1) is 26.6. The Morgan fingerprint density at radius 3 is 2.17 bits per heavy atom. The van der Waals surface area contributed by atoms with Gasteiger partial charge in [0.2, 0.25) is 0 Å². The van der Waals surface area contributed by atoms with Crippen LogP contribution in [0.15, 0.2) is 12.1 Å². The van der Waals surface area contributed by atoms with Gasteiger partial charge in [-0.3, -0.25) is 9.59 Å². The maximum absolute atomic E-state index is 14.7. The van der Waals surface area contributed by atoms with Gasteiger partial charge in [-0.25, -0.2) is 13.1 Å². The predicted molar refractivity (Wildman–Crippen MR) is 134 cm³/mol. The minimum atomic E-state index is -4.51. The van der Waals surface area contributed by atoms with Crippen LogP contribution in [0.5, 0.6) is 0 Å². The Morgan fingerprint density at radius 1 is 1.03 bits per heavy atom. The smallest absolute Gasteiger partial charge is 0.299 e. The van der Waals surface area contributed by atoms with Crippen molar-refractivity contribution < 1.29 is 26.8 Å². The Hall–Kier alpha value is -1.000. The van der Waals surface area contributed by atoms with Crippen LogP contribution >= 0.6 is 34.8 Å². The van der Waals surface area contributed by atoms with Crippen molar-refractivity contribution in [3.8, 4) is 0 Å². The van der Waals surface area contributed by atoms with Gasteiger partial charge in [0.15, 0.2) is 0 Å². The zero-order valence-electron chi connectivity index (χ0n) is 19.7. The van der Waals surface area contributed by atoms with Gasteiger partial charge in [-0.15, -0.1) is 0 Å². The van der Waals surface area contributed by atoms with E-state index in [2.05, 4.69) is 0 Å². The summed E-state index contributed by atoms with van der Waals surface area (Å²) in [7, 11) is -4.51. The zero-order valence-corrected chi connectivity index (χ0v) is 22.7. The molecule has 1 aromatic rings. The van der Waals surface area contributed by atoms with Crippen LogP contribution in [0.3, 0.4) is 0 Å². The molecule has 0 aromatic heterocycles. The van der Waals surface area contributed by atoms with Gasteiger partial charge in [-0.2, -0.15) is 12.7 Å². The molecular weight excluding hydrogens is 557 g/mol. The monoisotopic (exact) mass is 582 g/mol. The summed E-state index contributed by atoms with van der Waals surface area (Å²) < 4.78 is 57.2. The Labute approximate surface area is 224 Å². The summed E-state index contributed by atoms with van der Waals surface area (Å²) in [5, 5.41) is -0.245. The zero-order chi connectivity index (χ0) is 26.2. The Morgan fingerprint density at radius 2 is 1.61 bits per heavy atom. The summed E-state index contributed by atoms with van der Waals surface area (Å²) >= 11 is 18.2. The van der Waals surface area contributed by atoms with Crippen LogP contribution in [0, 0.1) is 29.1 Å². The van der Waals surface area contributed by atoms with Gasteiger partial charge in [-0.05, 0) is 74.8 Å². The highest BCUT2D eigenvalue weighted by Crippen LogP contribution is 2.63. The molecular formula is C24H27Cl3F2N2O4S. The van der Waals surface area contributed by atoms with E-state index in [1.807, 2.05) is 0 Å². The molecule has 1 aromatic carbocycles. The van der Waals surface area contributed by atoms with Gasteiger partial charge in [0.1, 0.15) is 18.1 Å². The largest absolute Gasteiger partial charge is 0.305 e. The van der Waals surface area contributed by atoms with Crippen molar-refractivity contribution in [3.63, 3.8) is 0 Å². The molecule has 4 saturated carbocycles. The molecule has 5 fully saturated rings. The number of anilines is 1. The molecule has 1 saturated heterocycles. The number of nitrogens with zero attached hydrogens (tertiary/aromatic N) is 2. The normalized spacial score (nSPS) is 34.7. The van der Waals surface area contributed by atoms with Crippen molar-refractivity contribution in [2.75, 3.05) is 23.9 Å². The van der Waals surface area contributed by atoms with Crippen molar-refractivity contribution in [3.05, 3.63) is 27.2 Å². The second kappa shape index (κ2) is 9.04. The van der Waals surface area contributed by atoms with Crippen molar-refractivity contribution in [2.24, 2.45) is 29.1 Å². The molecule has 0 amide bonds. The number of carbonyl (C=O) groups excluding carboxylic acids is 2. The Balaban J connectivity index is 1.35. The number of hydrogen-bond acceptors (Lipinski definition) is 4. The summed E-state index contributed by atoms with van der Waals surface area (Å²) in [6.45, 7) is -1.26. The first-order valence-corrected chi connectivity index (χ1v) is 14.6. The Kier molecular flexibility index (Phi) is 6.68. The quantitative estimate of drug-likeness (QED) is 0.435. The van der Waals surface area contributed by atoms with Gasteiger partial charge >= 0.3 is 10.2 Å². The third-order valence-electron chi connectivity index (χ3n) is 8.65. The van der Waals surface area contributed by atoms with Crippen molar-refractivity contribution in [2.45, 2.75) is 51.4 Å². The van der Waals surface area contributed by atoms with Crippen LogP contribution < -0.4 is 4.31 Å². The number of benzene rings is 1. The van der Waals surface area contributed by atoms with E-state index in [-0.39, 0.29) is 56.1 Å². The topological polar surface area (TPSA) is 74.8 Å². The Bertz CT molecular complexity index is 1190. The summed E-state index contributed by atoms with van der Waals surface area (Å²) in [4.78, 5) is 25.5. The number of halogens is 5. The molecule has 0 radical (unpaired) electrons. The maximum atomic E-state index is 14.7. The van der Waals surface area contributed by atoms with Gasteiger partial charge in [0.25, 0.3) is 5.92 Å². The van der Waals surface area contributed by atoms with Gasteiger partial charge in [0, 0.05) is 16.9 Å². The SMILES string of the molecule is CC(=O)C12CC3CC(C1)C(CC(=O)CN1CC(F)(F)CN(c4c(Cl)cc(Cl)cc4Cl)S1(=O)=O)C(C3)C2. The molecule has 1 heterocycles. The third kappa shape index (κ3) is 4.57. The summed E-state index contributed by atoms with van der Waals surface area (Å²) in [5.41, 5.74) is -0.582. The molecule has 6 nitrogen and oxygen atoms in total. The lowest BCUT2D eigenvalue weighted by Gasteiger charge is -2.59. The van der Waals surface area contributed by atoms with E-state index in [1.165, 1.54) is 12.1 Å². The van der Waals surface area contributed by atoms with Gasteiger partial charge < -0.3 is 0 Å². The van der Waals surface area contributed by atoms with Crippen LogP contribution in [-0.2, 0) is 19.8 Å². The fourth-order valence-corrected chi connectivity index (χ4v) is 10.2.